The van der Waals surface area contributed by atoms with Crippen LogP contribution in [0.4, 0.5) is 0 Å². The summed E-state index contributed by atoms with van der Waals surface area (Å²) in [6.07, 6.45) is 3.76. The van der Waals surface area contributed by atoms with Gasteiger partial charge in [0.15, 0.2) is 17.5 Å². The van der Waals surface area contributed by atoms with Crippen LogP contribution in [0.3, 0.4) is 0 Å². The molecule has 1 aliphatic rings. The normalized spacial score (nSPS) is 15.9. The minimum Gasteiger partial charge on any atom is -0.497 e. The number of likely N-dealkylation sites (tertiary alicyclic amines) is 1. The zero-order chi connectivity index (χ0) is 22.1. The van der Waals surface area contributed by atoms with Crippen molar-refractivity contribution in [3.05, 3.63) is 53.6 Å². The number of hydrogen-bond acceptors (Lipinski definition) is 5. The molecule has 168 valence electrons. The molecule has 0 aliphatic carbocycles. The fourth-order valence-electron chi connectivity index (χ4n) is 3.93. The van der Waals surface area contributed by atoms with E-state index in [2.05, 4.69) is 27.3 Å². The molecule has 1 saturated heterocycles. The third-order valence-electron chi connectivity index (χ3n) is 5.69. The first-order valence-electron chi connectivity index (χ1n) is 10.8. The number of rotatable bonds is 9. The zero-order valence-electron chi connectivity index (χ0n) is 18.8. The number of hydrogen-bond donors (Lipinski definition) is 2. The second kappa shape index (κ2) is 11.5. The largest absolute Gasteiger partial charge is 0.497 e. The van der Waals surface area contributed by atoms with E-state index in [4.69, 9.17) is 19.9 Å². The van der Waals surface area contributed by atoms with E-state index in [0.29, 0.717) is 30.5 Å². The molecule has 7 heteroatoms. The van der Waals surface area contributed by atoms with Gasteiger partial charge in [-0.25, -0.2) is 4.99 Å². The Balaban J connectivity index is 1.65. The molecule has 3 rings (SSSR count). The van der Waals surface area contributed by atoms with E-state index < -0.39 is 0 Å². The number of ether oxygens (including phenoxy) is 3. The van der Waals surface area contributed by atoms with Crippen LogP contribution in [0.25, 0.3) is 0 Å². The Kier molecular flexibility index (Phi) is 8.41. The average molecular weight is 427 g/mol. The van der Waals surface area contributed by atoms with Gasteiger partial charge >= 0.3 is 0 Å². The summed E-state index contributed by atoms with van der Waals surface area (Å²) in [5.74, 6) is 2.69. The lowest BCUT2D eigenvalue weighted by Gasteiger charge is -2.35. The predicted octanol–water partition coefficient (Wildman–Crippen LogP) is 3.34. The molecule has 2 aromatic carbocycles. The van der Waals surface area contributed by atoms with Crippen molar-refractivity contribution in [1.29, 1.82) is 0 Å². The highest BCUT2D eigenvalue weighted by molar-refractivity contribution is 5.77. The van der Waals surface area contributed by atoms with Crippen LogP contribution in [0.1, 0.15) is 36.4 Å². The SMILES string of the molecule is COc1ccc(C(CNC(N)=NCc2ccc(OC)c(OC)c2)N2CCCCC2)cc1. The van der Waals surface area contributed by atoms with Crippen molar-refractivity contribution in [3.63, 3.8) is 0 Å². The lowest BCUT2D eigenvalue weighted by atomic mass is 10.0. The number of nitrogens with zero attached hydrogens (tertiary/aromatic N) is 2. The summed E-state index contributed by atoms with van der Waals surface area (Å²) in [5.41, 5.74) is 8.45. The van der Waals surface area contributed by atoms with Gasteiger partial charge in [-0.05, 0) is 61.3 Å². The predicted molar refractivity (Wildman–Crippen MR) is 124 cm³/mol. The van der Waals surface area contributed by atoms with Crippen LogP contribution < -0.4 is 25.3 Å². The first-order chi connectivity index (χ1) is 15.1. The summed E-state index contributed by atoms with van der Waals surface area (Å²) < 4.78 is 16.0. The van der Waals surface area contributed by atoms with Gasteiger partial charge in [0.25, 0.3) is 0 Å². The van der Waals surface area contributed by atoms with Crippen LogP contribution in [0.15, 0.2) is 47.5 Å². The van der Waals surface area contributed by atoms with E-state index in [9.17, 15) is 0 Å². The van der Waals surface area contributed by atoms with Gasteiger partial charge in [-0.3, -0.25) is 4.90 Å². The highest BCUT2D eigenvalue weighted by atomic mass is 16.5. The van der Waals surface area contributed by atoms with Crippen LogP contribution >= 0.6 is 0 Å². The molecular formula is C24H34N4O3. The second-order valence-corrected chi connectivity index (χ2v) is 7.66. The quantitative estimate of drug-likeness (QED) is 0.473. The Hall–Kier alpha value is -2.93. The molecule has 7 nitrogen and oxygen atoms in total. The average Bonchev–Trinajstić information content (AvgIpc) is 2.83. The van der Waals surface area contributed by atoms with E-state index in [1.54, 1.807) is 21.3 Å². The molecule has 0 aromatic heterocycles. The van der Waals surface area contributed by atoms with Crippen molar-refractivity contribution < 1.29 is 14.2 Å². The maximum Gasteiger partial charge on any atom is 0.188 e. The van der Waals surface area contributed by atoms with Crippen molar-refractivity contribution in [2.75, 3.05) is 41.0 Å². The molecule has 1 heterocycles. The Morgan fingerprint density at radius 1 is 0.968 bits per heavy atom. The molecule has 0 saturated carbocycles. The summed E-state index contributed by atoms with van der Waals surface area (Å²) >= 11 is 0. The van der Waals surface area contributed by atoms with Gasteiger partial charge in [0, 0.05) is 6.54 Å². The van der Waals surface area contributed by atoms with Gasteiger partial charge in [0.05, 0.1) is 33.9 Å². The Bertz CT molecular complexity index is 848. The van der Waals surface area contributed by atoms with E-state index in [1.165, 1.54) is 24.8 Å². The molecule has 1 unspecified atom stereocenters. The molecule has 3 N–H and O–H groups in total. The molecule has 0 bridgehead atoms. The Labute approximate surface area is 185 Å². The van der Waals surface area contributed by atoms with Crippen molar-refractivity contribution in [3.8, 4) is 17.2 Å². The smallest absolute Gasteiger partial charge is 0.188 e. The first-order valence-corrected chi connectivity index (χ1v) is 10.8. The van der Waals surface area contributed by atoms with E-state index in [-0.39, 0.29) is 6.04 Å². The lowest BCUT2D eigenvalue weighted by molar-refractivity contribution is 0.164. The minimum atomic E-state index is 0.237. The number of nitrogens with one attached hydrogen (secondary N) is 1. The monoisotopic (exact) mass is 426 g/mol. The summed E-state index contributed by atoms with van der Waals surface area (Å²) in [6, 6.07) is 14.3. The Morgan fingerprint density at radius 2 is 1.68 bits per heavy atom. The summed E-state index contributed by atoms with van der Waals surface area (Å²) in [7, 11) is 4.94. The molecule has 0 spiro atoms. The fraction of sp³-hybridized carbons (Fsp3) is 0.458. The van der Waals surface area contributed by atoms with Gasteiger partial charge in [0.1, 0.15) is 5.75 Å². The molecule has 0 amide bonds. The van der Waals surface area contributed by atoms with E-state index in [1.807, 2.05) is 30.3 Å². The van der Waals surface area contributed by atoms with Crippen LogP contribution in [-0.2, 0) is 6.54 Å². The van der Waals surface area contributed by atoms with Crippen molar-refractivity contribution in [2.24, 2.45) is 10.7 Å². The molecular weight excluding hydrogens is 392 g/mol. The zero-order valence-corrected chi connectivity index (χ0v) is 18.8. The lowest BCUT2D eigenvalue weighted by Crippen LogP contribution is -2.42. The number of methoxy groups -OCH3 is 3. The number of benzene rings is 2. The van der Waals surface area contributed by atoms with Gasteiger partial charge in [0.2, 0.25) is 0 Å². The molecule has 0 radical (unpaired) electrons. The topological polar surface area (TPSA) is 81.3 Å². The number of nitrogens with two attached hydrogens (primary N) is 1. The van der Waals surface area contributed by atoms with Crippen LogP contribution in [-0.4, -0.2) is 51.8 Å². The molecule has 1 aliphatic heterocycles. The van der Waals surface area contributed by atoms with Crippen molar-refractivity contribution in [1.82, 2.24) is 10.2 Å². The van der Waals surface area contributed by atoms with Crippen molar-refractivity contribution >= 4 is 5.96 Å². The highest BCUT2D eigenvalue weighted by Crippen LogP contribution is 2.28. The molecule has 31 heavy (non-hydrogen) atoms. The van der Waals surface area contributed by atoms with E-state index in [0.717, 1.165) is 24.4 Å². The molecule has 2 aromatic rings. The number of aliphatic imine (C=N–C) groups is 1. The number of guanidine groups is 1. The number of piperidine rings is 1. The molecule has 1 atom stereocenters. The van der Waals surface area contributed by atoms with Crippen LogP contribution in [0.5, 0.6) is 17.2 Å². The first kappa shape index (κ1) is 22.7. The van der Waals surface area contributed by atoms with E-state index >= 15 is 0 Å². The Morgan fingerprint density at radius 3 is 2.32 bits per heavy atom. The van der Waals surface area contributed by atoms with Crippen LogP contribution in [0, 0.1) is 0 Å². The minimum absolute atomic E-state index is 0.237. The maximum absolute atomic E-state index is 6.19. The van der Waals surface area contributed by atoms with Crippen LogP contribution in [0.2, 0.25) is 0 Å². The van der Waals surface area contributed by atoms with Gasteiger partial charge < -0.3 is 25.3 Å². The third kappa shape index (κ3) is 6.28. The van der Waals surface area contributed by atoms with Gasteiger partial charge in [-0.2, -0.15) is 0 Å². The summed E-state index contributed by atoms with van der Waals surface area (Å²) in [6.45, 7) is 3.37. The highest BCUT2D eigenvalue weighted by Gasteiger charge is 2.22. The summed E-state index contributed by atoms with van der Waals surface area (Å²) in [4.78, 5) is 7.04. The standard InChI is InChI=1S/C24H34N4O3/c1-29-20-10-8-19(9-11-20)21(28-13-5-4-6-14-28)17-27-24(25)26-16-18-7-12-22(30-2)23(15-18)31-3/h7-12,15,21H,4-6,13-14,16-17H2,1-3H3,(H3,25,26,27). The van der Waals surface area contributed by atoms with Gasteiger partial charge in [-0.15, -0.1) is 0 Å². The fourth-order valence-corrected chi connectivity index (χ4v) is 3.93. The summed E-state index contributed by atoms with van der Waals surface area (Å²) in [5, 5.41) is 3.33. The second-order valence-electron chi connectivity index (χ2n) is 7.66. The van der Waals surface area contributed by atoms with Crippen molar-refractivity contribution in [2.45, 2.75) is 31.8 Å². The molecule has 1 fully saturated rings. The van der Waals surface area contributed by atoms with Gasteiger partial charge in [-0.1, -0.05) is 24.6 Å². The maximum atomic E-state index is 6.19. The third-order valence-corrected chi connectivity index (χ3v) is 5.69.